The average molecular weight is 423 g/mol. The van der Waals surface area contributed by atoms with Crippen LogP contribution in [0.4, 0.5) is 22.0 Å². The highest BCUT2D eigenvalue weighted by molar-refractivity contribution is 7.98. The van der Waals surface area contributed by atoms with E-state index in [2.05, 4.69) is 42.7 Å². The molecule has 3 N–H and O–H groups in total. The number of aryl methyl sites for hydroxylation is 2. The number of nitrogens with two attached hydrogens (primary N) is 1. The predicted octanol–water partition coefficient (Wildman–Crippen LogP) is 3.22. The van der Waals surface area contributed by atoms with Crippen LogP contribution >= 0.6 is 11.8 Å². The third-order valence-corrected chi connectivity index (χ3v) is 5.22. The Bertz CT molecular complexity index is 1180. The number of rotatable bonds is 6. The molecule has 0 aliphatic heterocycles. The minimum Gasteiger partial charge on any atom is -0.368 e. The molecule has 0 radical (unpaired) electrons. The van der Waals surface area contributed by atoms with Gasteiger partial charge in [0.1, 0.15) is 11.6 Å². The lowest BCUT2D eigenvalue weighted by Crippen LogP contribution is -2.07. The number of thioether (sulfide) groups is 1. The third-order valence-electron chi connectivity index (χ3n) is 4.31. The van der Waals surface area contributed by atoms with E-state index >= 15 is 0 Å². The van der Waals surface area contributed by atoms with Crippen molar-refractivity contribution in [2.24, 2.45) is 0 Å². The van der Waals surface area contributed by atoms with E-state index in [1.165, 1.54) is 29.5 Å². The van der Waals surface area contributed by atoms with Crippen LogP contribution in [0.3, 0.4) is 0 Å². The minimum absolute atomic E-state index is 0.0824. The zero-order valence-electron chi connectivity index (χ0n) is 16.2. The van der Waals surface area contributed by atoms with Crippen molar-refractivity contribution in [3.8, 4) is 5.69 Å². The van der Waals surface area contributed by atoms with Crippen LogP contribution in [0.15, 0.2) is 47.6 Å². The van der Waals surface area contributed by atoms with E-state index in [0.717, 1.165) is 11.3 Å². The molecule has 30 heavy (non-hydrogen) atoms. The molecular formula is C19H18FN9S. The summed E-state index contributed by atoms with van der Waals surface area (Å²) in [6, 6.07) is 11.9. The minimum atomic E-state index is -0.325. The smallest absolute Gasteiger partial charge is 0.232 e. The molecule has 2 aromatic carbocycles. The Hall–Kier alpha value is -3.60. The molecule has 4 rings (SSSR count). The third kappa shape index (κ3) is 4.51. The van der Waals surface area contributed by atoms with Crippen LogP contribution < -0.4 is 11.1 Å². The van der Waals surface area contributed by atoms with Crippen molar-refractivity contribution >= 4 is 29.3 Å². The SMILES string of the molecule is Cc1ccc(-n2nnnc2SCc2nc(N)nc(Nc3ccc(F)cc3)n2)cc1C. The van der Waals surface area contributed by atoms with Gasteiger partial charge >= 0.3 is 0 Å². The number of nitrogens with one attached hydrogen (secondary N) is 1. The van der Waals surface area contributed by atoms with E-state index in [1.54, 1.807) is 16.8 Å². The van der Waals surface area contributed by atoms with Crippen LogP contribution in [-0.2, 0) is 5.75 Å². The van der Waals surface area contributed by atoms with Gasteiger partial charge in [0.05, 0.1) is 11.4 Å². The molecule has 0 saturated heterocycles. The number of hydrogen-bond donors (Lipinski definition) is 2. The van der Waals surface area contributed by atoms with E-state index in [-0.39, 0.29) is 17.7 Å². The molecule has 11 heteroatoms. The molecule has 4 aromatic rings. The Balaban J connectivity index is 1.50. The molecule has 0 aliphatic carbocycles. The van der Waals surface area contributed by atoms with Gasteiger partial charge in [-0.15, -0.1) is 5.10 Å². The summed E-state index contributed by atoms with van der Waals surface area (Å²) in [4.78, 5) is 12.6. The monoisotopic (exact) mass is 423 g/mol. The van der Waals surface area contributed by atoms with Gasteiger partial charge in [-0.1, -0.05) is 17.8 Å². The highest BCUT2D eigenvalue weighted by atomic mass is 32.2. The Morgan fingerprint density at radius 1 is 1.03 bits per heavy atom. The van der Waals surface area contributed by atoms with Gasteiger partial charge in [-0.2, -0.15) is 19.6 Å². The first-order valence-electron chi connectivity index (χ1n) is 9.00. The Kier molecular flexibility index (Phi) is 5.53. The number of anilines is 3. The summed E-state index contributed by atoms with van der Waals surface area (Å²) in [5.74, 6) is 0.884. The maximum atomic E-state index is 13.1. The number of hydrogen-bond acceptors (Lipinski definition) is 9. The average Bonchev–Trinajstić information content (AvgIpc) is 3.18. The maximum Gasteiger partial charge on any atom is 0.232 e. The first kappa shape index (κ1) is 19.7. The summed E-state index contributed by atoms with van der Waals surface area (Å²) in [5.41, 5.74) is 9.68. The predicted molar refractivity (Wildman–Crippen MR) is 112 cm³/mol. The summed E-state index contributed by atoms with van der Waals surface area (Å²) in [7, 11) is 0. The topological polar surface area (TPSA) is 120 Å². The number of nitrogen functional groups attached to an aromatic ring is 1. The Morgan fingerprint density at radius 2 is 1.83 bits per heavy atom. The van der Waals surface area contributed by atoms with E-state index in [9.17, 15) is 4.39 Å². The van der Waals surface area contributed by atoms with Crippen LogP contribution in [0.2, 0.25) is 0 Å². The summed E-state index contributed by atoms with van der Waals surface area (Å²) in [6.45, 7) is 4.09. The second kappa shape index (κ2) is 8.41. The van der Waals surface area contributed by atoms with Crippen molar-refractivity contribution in [2.45, 2.75) is 24.8 Å². The fraction of sp³-hybridized carbons (Fsp3) is 0.158. The molecule has 9 nitrogen and oxygen atoms in total. The largest absolute Gasteiger partial charge is 0.368 e. The maximum absolute atomic E-state index is 13.1. The second-order valence-electron chi connectivity index (χ2n) is 6.50. The van der Waals surface area contributed by atoms with Gasteiger partial charge in [0.15, 0.2) is 0 Å². The molecular weight excluding hydrogens is 405 g/mol. The molecule has 0 bridgehead atoms. The standard InChI is InChI=1S/C19H18FN9S/c1-11-3-8-15(9-12(11)2)29-19(26-27-28-29)30-10-16-23-17(21)25-18(24-16)22-14-6-4-13(20)5-7-14/h3-9H,10H2,1-2H3,(H3,21,22,23,24,25). The van der Waals surface area contributed by atoms with Crippen LogP contribution in [0.1, 0.15) is 17.0 Å². The van der Waals surface area contributed by atoms with Crippen molar-refractivity contribution in [2.75, 3.05) is 11.1 Å². The number of aromatic nitrogens is 7. The van der Waals surface area contributed by atoms with Gasteiger partial charge < -0.3 is 11.1 Å². The van der Waals surface area contributed by atoms with Crippen molar-refractivity contribution < 1.29 is 4.39 Å². The first-order valence-corrected chi connectivity index (χ1v) is 9.98. The van der Waals surface area contributed by atoms with Gasteiger partial charge in [-0.25, -0.2) is 4.39 Å². The zero-order valence-corrected chi connectivity index (χ0v) is 17.1. The molecule has 0 saturated carbocycles. The summed E-state index contributed by atoms with van der Waals surface area (Å²) in [6.07, 6.45) is 0. The Morgan fingerprint density at radius 3 is 2.60 bits per heavy atom. The van der Waals surface area contributed by atoms with Crippen LogP contribution in [0.25, 0.3) is 5.69 Å². The Labute approximate surface area is 176 Å². The lowest BCUT2D eigenvalue weighted by molar-refractivity contribution is 0.628. The van der Waals surface area contributed by atoms with Crippen LogP contribution in [0.5, 0.6) is 0 Å². The molecule has 2 aromatic heterocycles. The van der Waals surface area contributed by atoms with Crippen LogP contribution in [-0.4, -0.2) is 35.2 Å². The molecule has 152 valence electrons. The summed E-state index contributed by atoms with van der Waals surface area (Å²) < 4.78 is 14.7. The normalized spacial score (nSPS) is 10.9. The van der Waals surface area contributed by atoms with E-state index in [0.29, 0.717) is 22.4 Å². The second-order valence-corrected chi connectivity index (χ2v) is 7.44. The molecule has 0 amide bonds. The summed E-state index contributed by atoms with van der Waals surface area (Å²) >= 11 is 1.38. The lowest BCUT2D eigenvalue weighted by Gasteiger charge is -2.08. The van der Waals surface area contributed by atoms with Crippen LogP contribution in [0, 0.1) is 19.7 Å². The first-order chi connectivity index (χ1) is 14.5. The molecule has 0 aliphatic rings. The van der Waals surface area contributed by atoms with Gasteiger partial charge in [-0.3, -0.25) is 0 Å². The van der Waals surface area contributed by atoms with Crippen molar-refractivity contribution in [1.82, 2.24) is 35.2 Å². The van der Waals surface area contributed by atoms with Crippen molar-refractivity contribution in [3.63, 3.8) is 0 Å². The highest BCUT2D eigenvalue weighted by Crippen LogP contribution is 2.23. The fourth-order valence-electron chi connectivity index (χ4n) is 2.64. The molecule has 0 atom stereocenters. The number of nitrogens with zero attached hydrogens (tertiary/aromatic N) is 7. The van der Waals surface area contributed by atoms with E-state index in [1.807, 2.05) is 25.1 Å². The molecule has 0 spiro atoms. The lowest BCUT2D eigenvalue weighted by atomic mass is 10.1. The van der Waals surface area contributed by atoms with Gasteiger partial charge in [0, 0.05) is 5.69 Å². The van der Waals surface area contributed by atoms with Gasteiger partial charge in [0.2, 0.25) is 17.1 Å². The quantitative estimate of drug-likeness (QED) is 0.450. The number of benzene rings is 2. The van der Waals surface area contributed by atoms with Crippen molar-refractivity contribution in [1.29, 1.82) is 0 Å². The summed E-state index contributed by atoms with van der Waals surface area (Å²) in [5, 5.41) is 15.5. The molecule has 0 unspecified atom stereocenters. The highest BCUT2D eigenvalue weighted by Gasteiger charge is 2.12. The zero-order chi connectivity index (χ0) is 21.1. The van der Waals surface area contributed by atoms with Gasteiger partial charge in [0.25, 0.3) is 0 Å². The molecule has 2 heterocycles. The van der Waals surface area contributed by atoms with E-state index < -0.39 is 0 Å². The van der Waals surface area contributed by atoms with E-state index in [4.69, 9.17) is 5.73 Å². The number of halogens is 1. The number of tetrazole rings is 1. The van der Waals surface area contributed by atoms with Gasteiger partial charge in [-0.05, 0) is 71.8 Å². The molecule has 0 fully saturated rings. The van der Waals surface area contributed by atoms with Crippen molar-refractivity contribution in [3.05, 3.63) is 65.2 Å². The fourth-order valence-corrected chi connectivity index (χ4v) is 3.38.